The fourth-order valence-corrected chi connectivity index (χ4v) is 3.19. The molecule has 21 heavy (non-hydrogen) atoms. The molecule has 0 spiro atoms. The molecule has 1 aromatic rings. The fourth-order valence-electron chi connectivity index (χ4n) is 3.19. The van der Waals surface area contributed by atoms with Gasteiger partial charge in [-0.15, -0.1) is 0 Å². The van der Waals surface area contributed by atoms with Crippen molar-refractivity contribution in [2.75, 3.05) is 12.4 Å². The molecule has 3 nitrogen and oxygen atoms in total. The van der Waals surface area contributed by atoms with Crippen LogP contribution < -0.4 is 5.32 Å². The SMILES string of the molecule is CCc1cccc(C)c1NC(=O)N(C)C1CCC(C)CC1. The average molecular weight is 288 g/mol. The summed E-state index contributed by atoms with van der Waals surface area (Å²) < 4.78 is 0. The van der Waals surface area contributed by atoms with Crippen LogP contribution in [0.15, 0.2) is 18.2 Å². The highest BCUT2D eigenvalue weighted by Crippen LogP contribution is 2.27. The van der Waals surface area contributed by atoms with Crippen LogP contribution in [0.4, 0.5) is 10.5 Å². The second kappa shape index (κ2) is 6.97. The van der Waals surface area contributed by atoms with Gasteiger partial charge < -0.3 is 10.2 Å². The van der Waals surface area contributed by atoms with Crippen molar-refractivity contribution in [3.63, 3.8) is 0 Å². The maximum atomic E-state index is 12.5. The Morgan fingerprint density at radius 2 is 1.95 bits per heavy atom. The number of hydrogen-bond acceptors (Lipinski definition) is 1. The number of anilines is 1. The van der Waals surface area contributed by atoms with E-state index in [1.807, 2.05) is 11.9 Å². The number of carbonyl (C=O) groups excluding carboxylic acids is 1. The van der Waals surface area contributed by atoms with Gasteiger partial charge >= 0.3 is 6.03 Å². The Kier molecular flexibility index (Phi) is 5.27. The molecule has 3 heteroatoms. The van der Waals surface area contributed by atoms with Crippen LogP contribution in [-0.2, 0) is 6.42 Å². The van der Waals surface area contributed by atoms with Crippen LogP contribution in [0.2, 0.25) is 0 Å². The van der Waals surface area contributed by atoms with Crippen molar-refractivity contribution in [3.8, 4) is 0 Å². The van der Waals surface area contributed by atoms with Gasteiger partial charge in [-0.1, -0.05) is 32.0 Å². The molecule has 1 aromatic carbocycles. The van der Waals surface area contributed by atoms with Gasteiger partial charge in [0.05, 0.1) is 0 Å². The Morgan fingerprint density at radius 3 is 2.57 bits per heavy atom. The third kappa shape index (κ3) is 3.78. The smallest absolute Gasteiger partial charge is 0.321 e. The number of aryl methyl sites for hydroxylation is 2. The summed E-state index contributed by atoms with van der Waals surface area (Å²) in [6.45, 7) is 6.48. The highest BCUT2D eigenvalue weighted by molar-refractivity contribution is 5.91. The number of urea groups is 1. The molecule has 1 fully saturated rings. The maximum absolute atomic E-state index is 12.5. The first kappa shape index (κ1) is 15.9. The topological polar surface area (TPSA) is 32.3 Å². The van der Waals surface area contributed by atoms with Gasteiger partial charge in [0.1, 0.15) is 0 Å². The monoisotopic (exact) mass is 288 g/mol. The number of rotatable bonds is 3. The molecule has 0 unspecified atom stereocenters. The summed E-state index contributed by atoms with van der Waals surface area (Å²) in [4.78, 5) is 14.4. The lowest BCUT2D eigenvalue weighted by molar-refractivity contribution is 0.175. The highest BCUT2D eigenvalue weighted by Gasteiger charge is 2.25. The van der Waals surface area contributed by atoms with Crippen molar-refractivity contribution < 1.29 is 4.79 Å². The summed E-state index contributed by atoms with van der Waals surface area (Å²) >= 11 is 0. The second-order valence-corrected chi connectivity index (χ2v) is 6.42. The Morgan fingerprint density at radius 1 is 1.29 bits per heavy atom. The Balaban J connectivity index is 2.04. The second-order valence-electron chi connectivity index (χ2n) is 6.42. The minimum atomic E-state index is 0.0264. The number of nitrogens with one attached hydrogen (secondary N) is 1. The molecule has 0 aliphatic heterocycles. The predicted octanol–water partition coefficient (Wildman–Crippen LogP) is 4.60. The van der Waals surface area contributed by atoms with Gasteiger partial charge in [0, 0.05) is 18.8 Å². The molecule has 0 saturated heterocycles. The predicted molar refractivity (Wildman–Crippen MR) is 88.8 cm³/mol. The lowest BCUT2D eigenvalue weighted by Crippen LogP contribution is -2.41. The van der Waals surface area contributed by atoms with Crippen molar-refractivity contribution in [1.82, 2.24) is 4.90 Å². The van der Waals surface area contributed by atoms with Crippen molar-refractivity contribution in [1.29, 1.82) is 0 Å². The summed E-state index contributed by atoms with van der Waals surface area (Å²) in [6, 6.07) is 6.60. The molecule has 0 radical (unpaired) electrons. The van der Waals surface area contributed by atoms with E-state index in [-0.39, 0.29) is 6.03 Å². The third-order valence-electron chi connectivity index (χ3n) is 4.83. The first-order valence-electron chi connectivity index (χ1n) is 8.15. The molecule has 1 aliphatic rings. The van der Waals surface area contributed by atoms with E-state index in [0.717, 1.165) is 36.4 Å². The lowest BCUT2D eigenvalue weighted by atomic mass is 9.87. The molecule has 1 aliphatic carbocycles. The van der Waals surface area contributed by atoms with E-state index in [1.54, 1.807) is 0 Å². The van der Waals surface area contributed by atoms with E-state index in [9.17, 15) is 4.79 Å². The largest absolute Gasteiger partial charge is 0.325 e. The summed E-state index contributed by atoms with van der Waals surface area (Å²) in [7, 11) is 1.93. The van der Waals surface area contributed by atoms with E-state index in [1.165, 1.54) is 18.4 Å². The number of carbonyl (C=O) groups is 1. The number of benzene rings is 1. The quantitative estimate of drug-likeness (QED) is 0.866. The van der Waals surface area contributed by atoms with Crippen LogP contribution in [0, 0.1) is 12.8 Å². The van der Waals surface area contributed by atoms with Crippen LogP contribution in [0.25, 0.3) is 0 Å². The number of nitrogens with zero attached hydrogens (tertiary/aromatic N) is 1. The Bertz CT molecular complexity index is 490. The average Bonchev–Trinajstić information content (AvgIpc) is 2.49. The molecule has 2 amide bonds. The summed E-state index contributed by atoms with van der Waals surface area (Å²) in [5, 5.41) is 3.13. The van der Waals surface area contributed by atoms with E-state index in [2.05, 4.69) is 44.3 Å². The Hall–Kier alpha value is -1.51. The minimum Gasteiger partial charge on any atom is -0.325 e. The molecule has 0 heterocycles. The van der Waals surface area contributed by atoms with Crippen molar-refractivity contribution in [2.24, 2.45) is 5.92 Å². The van der Waals surface area contributed by atoms with E-state index in [4.69, 9.17) is 0 Å². The normalized spacial score (nSPS) is 21.9. The van der Waals surface area contributed by atoms with E-state index < -0.39 is 0 Å². The van der Waals surface area contributed by atoms with Crippen molar-refractivity contribution in [2.45, 2.75) is 58.9 Å². The number of amides is 2. The van der Waals surface area contributed by atoms with Gasteiger partial charge in [0.25, 0.3) is 0 Å². The maximum Gasteiger partial charge on any atom is 0.321 e. The van der Waals surface area contributed by atoms with Gasteiger partial charge in [-0.05, 0) is 56.1 Å². The molecule has 1 N–H and O–H groups in total. The van der Waals surface area contributed by atoms with Gasteiger partial charge in [-0.3, -0.25) is 0 Å². The summed E-state index contributed by atoms with van der Waals surface area (Å²) in [6.07, 6.45) is 5.64. The van der Waals surface area contributed by atoms with Crippen LogP contribution in [0.5, 0.6) is 0 Å². The zero-order chi connectivity index (χ0) is 15.4. The molecular formula is C18H28N2O. The zero-order valence-corrected chi connectivity index (χ0v) is 13.8. The molecule has 1 saturated carbocycles. The zero-order valence-electron chi connectivity index (χ0n) is 13.8. The first-order valence-corrected chi connectivity index (χ1v) is 8.15. The molecule has 2 rings (SSSR count). The minimum absolute atomic E-state index is 0.0264. The number of para-hydroxylation sites is 1. The van der Waals surface area contributed by atoms with Crippen LogP contribution in [-0.4, -0.2) is 24.0 Å². The molecule has 0 aromatic heterocycles. The van der Waals surface area contributed by atoms with Gasteiger partial charge in [0.2, 0.25) is 0 Å². The number of hydrogen-bond donors (Lipinski definition) is 1. The van der Waals surface area contributed by atoms with Crippen LogP contribution in [0.1, 0.15) is 50.7 Å². The molecule has 0 bridgehead atoms. The van der Waals surface area contributed by atoms with Crippen LogP contribution >= 0.6 is 0 Å². The van der Waals surface area contributed by atoms with Gasteiger partial charge in [-0.25, -0.2) is 4.79 Å². The molecule has 116 valence electrons. The first-order chi connectivity index (χ1) is 10.0. The lowest BCUT2D eigenvalue weighted by Gasteiger charge is -2.33. The van der Waals surface area contributed by atoms with E-state index >= 15 is 0 Å². The van der Waals surface area contributed by atoms with Crippen molar-refractivity contribution >= 4 is 11.7 Å². The van der Waals surface area contributed by atoms with Crippen molar-refractivity contribution in [3.05, 3.63) is 29.3 Å². The Labute approximate surface area is 128 Å². The molecular weight excluding hydrogens is 260 g/mol. The van der Waals surface area contributed by atoms with E-state index in [0.29, 0.717) is 6.04 Å². The highest BCUT2D eigenvalue weighted by atomic mass is 16.2. The summed E-state index contributed by atoms with van der Waals surface area (Å²) in [5.74, 6) is 0.806. The molecule has 0 atom stereocenters. The van der Waals surface area contributed by atoms with Crippen LogP contribution in [0.3, 0.4) is 0 Å². The fraction of sp³-hybridized carbons (Fsp3) is 0.611. The standard InChI is InChI=1S/C18H28N2O/c1-5-15-8-6-7-14(3)17(15)19-18(21)20(4)16-11-9-13(2)10-12-16/h6-8,13,16H,5,9-12H2,1-4H3,(H,19,21). The summed E-state index contributed by atoms with van der Waals surface area (Å²) in [5.41, 5.74) is 3.32. The van der Waals surface area contributed by atoms with Gasteiger partial charge in [0.15, 0.2) is 0 Å². The third-order valence-corrected chi connectivity index (χ3v) is 4.83. The van der Waals surface area contributed by atoms with Gasteiger partial charge in [-0.2, -0.15) is 0 Å².